The van der Waals surface area contributed by atoms with Crippen LogP contribution in [0, 0.1) is 5.41 Å². The van der Waals surface area contributed by atoms with Gasteiger partial charge in [0.25, 0.3) is 5.79 Å². The lowest BCUT2D eigenvalue weighted by molar-refractivity contribution is -0.176. The summed E-state index contributed by atoms with van der Waals surface area (Å²) in [6.45, 7) is 9.53. The van der Waals surface area contributed by atoms with Gasteiger partial charge in [0.05, 0.1) is 13.2 Å². The summed E-state index contributed by atoms with van der Waals surface area (Å²) in [6.07, 6.45) is 3.01. The minimum atomic E-state index is -1.01. The molecule has 3 nitrogen and oxygen atoms in total. The van der Waals surface area contributed by atoms with Gasteiger partial charge in [-0.05, 0) is 18.3 Å². The first-order valence-corrected chi connectivity index (χ1v) is 6.50. The SMILES string of the molecule is CCCCC1=C(C(C)(C)C)C2(OCCO2)C1=O. The number of rotatable bonds is 3. The van der Waals surface area contributed by atoms with Crippen molar-refractivity contribution in [3.8, 4) is 0 Å². The van der Waals surface area contributed by atoms with E-state index in [0.29, 0.717) is 13.2 Å². The Morgan fingerprint density at radius 2 is 1.82 bits per heavy atom. The predicted molar refractivity (Wildman–Crippen MR) is 65.6 cm³/mol. The molecular formula is C14H22O3. The van der Waals surface area contributed by atoms with Crippen molar-refractivity contribution in [3.05, 3.63) is 11.1 Å². The maximum absolute atomic E-state index is 12.2. The second-order valence-corrected chi connectivity index (χ2v) is 5.85. The Morgan fingerprint density at radius 1 is 1.24 bits per heavy atom. The number of ether oxygens (including phenoxy) is 2. The highest BCUT2D eigenvalue weighted by Crippen LogP contribution is 2.51. The maximum Gasteiger partial charge on any atom is 0.258 e. The fourth-order valence-electron chi connectivity index (χ4n) is 2.79. The van der Waals surface area contributed by atoms with Crippen molar-refractivity contribution in [1.29, 1.82) is 0 Å². The van der Waals surface area contributed by atoms with E-state index in [1.807, 2.05) is 0 Å². The average Bonchev–Trinajstić information content (AvgIpc) is 2.72. The van der Waals surface area contributed by atoms with E-state index in [2.05, 4.69) is 27.7 Å². The lowest BCUT2D eigenvalue weighted by atomic mass is 9.66. The van der Waals surface area contributed by atoms with Gasteiger partial charge in [0.2, 0.25) is 5.78 Å². The van der Waals surface area contributed by atoms with Crippen molar-refractivity contribution in [2.24, 2.45) is 5.41 Å². The molecule has 0 saturated carbocycles. The maximum atomic E-state index is 12.2. The molecular weight excluding hydrogens is 216 g/mol. The molecule has 2 aliphatic rings. The van der Waals surface area contributed by atoms with Crippen molar-refractivity contribution >= 4 is 5.78 Å². The Balaban J connectivity index is 2.34. The molecule has 0 unspecified atom stereocenters. The van der Waals surface area contributed by atoms with Gasteiger partial charge in [-0.1, -0.05) is 34.1 Å². The molecule has 0 aromatic rings. The van der Waals surface area contributed by atoms with E-state index in [1.54, 1.807) is 0 Å². The van der Waals surface area contributed by atoms with Gasteiger partial charge < -0.3 is 9.47 Å². The molecule has 1 spiro atoms. The van der Waals surface area contributed by atoms with Gasteiger partial charge in [0.15, 0.2) is 0 Å². The normalized spacial score (nSPS) is 23.4. The van der Waals surface area contributed by atoms with Gasteiger partial charge in [-0.2, -0.15) is 0 Å². The van der Waals surface area contributed by atoms with Crippen molar-refractivity contribution in [2.75, 3.05) is 13.2 Å². The Labute approximate surface area is 103 Å². The minimum Gasteiger partial charge on any atom is -0.337 e. The van der Waals surface area contributed by atoms with Crippen molar-refractivity contribution in [3.63, 3.8) is 0 Å². The second kappa shape index (κ2) is 4.21. The summed E-state index contributed by atoms with van der Waals surface area (Å²) in [5.41, 5.74) is 1.95. The summed E-state index contributed by atoms with van der Waals surface area (Å²) in [5.74, 6) is -0.949. The van der Waals surface area contributed by atoms with Crippen LogP contribution < -0.4 is 0 Å². The van der Waals surface area contributed by atoms with Crippen LogP contribution in [0.3, 0.4) is 0 Å². The number of carbonyl (C=O) groups is 1. The topological polar surface area (TPSA) is 35.5 Å². The highest BCUT2D eigenvalue weighted by Gasteiger charge is 2.60. The van der Waals surface area contributed by atoms with Crippen LogP contribution in [-0.2, 0) is 14.3 Å². The third-order valence-electron chi connectivity index (χ3n) is 3.43. The fraction of sp³-hybridized carbons (Fsp3) is 0.786. The number of hydrogen-bond acceptors (Lipinski definition) is 3. The minimum absolute atomic E-state index is 0.0633. The van der Waals surface area contributed by atoms with Crippen LogP contribution in [0.5, 0.6) is 0 Å². The zero-order chi connectivity index (χ0) is 12.7. The summed E-state index contributed by atoms with van der Waals surface area (Å²) in [7, 11) is 0. The second-order valence-electron chi connectivity index (χ2n) is 5.85. The van der Waals surface area contributed by atoms with Crippen molar-refractivity contribution in [2.45, 2.75) is 52.7 Å². The Bertz CT molecular complexity index is 354. The first kappa shape index (κ1) is 12.8. The average molecular weight is 238 g/mol. The molecule has 17 heavy (non-hydrogen) atoms. The van der Waals surface area contributed by atoms with Gasteiger partial charge in [0.1, 0.15) is 0 Å². The van der Waals surface area contributed by atoms with Crippen LogP contribution in [0.15, 0.2) is 11.1 Å². The Morgan fingerprint density at radius 3 is 2.29 bits per heavy atom. The van der Waals surface area contributed by atoms with Crippen LogP contribution in [0.25, 0.3) is 0 Å². The van der Waals surface area contributed by atoms with E-state index in [1.165, 1.54) is 0 Å². The number of unbranched alkanes of at least 4 members (excludes halogenated alkanes) is 1. The lowest BCUT2D eigenvalue weighted by Gasteiger charge is -2.45. The highest BCUT2D eigenvalue weighted by atomic mass is 16.7. The smallest absolute Gasteiger partial charge is 0.258 e. The van der Waals surface area contributed by atoms with Crippen LogP contribution >= 0.6 is 0 Å². The quantitative estimate of drug-likeness (QED) is 0.758. The summed E-state index contributed by atoms with van der Waals surface area (Å²) in [6, 6.07) is 0. The zero-order valence-electron chi connectivity index (χ0n) is 11.3. The molecule has 0 aromatic heterocycles. The molecule has 1 fully saturated rings. The van der Waals surface area contributed by atoms with E-state index >= 15 is 0 Å². The van der Waals surface area contributed by atoms with Gasteiger partial charge in [-0.15, -0.1) is 0 Å². The summed E-state index contributed by atoms with van der Waals surface area (Å²) in [5, 5.41) is 0. The summed E-state index contributed by atoms with van der Waals surface area (Å²) in [4.78, 5) is 12.2. The molecule has 1 saturated heterocycles. The lowest BCUT2D eigenvalue weighted by Crippen LogP contribution is -2.55. The van der Waals surface area contributed by atoms with E-state index < -0.39 is 5.79 Å². The largest absolute Gasteiger partial charge is 0.337 e. The third kappa shape index (κ3) is 1.85. The monoisotopic (exact) mass is 238 g/mol. The Hall–Kier alpha value is -0.670. The van der Waals surface area contributed by atoms with Crippen molar-refractivity contribution < 1.29 is 14.3 Å². The van der Waals surface area contributed by atoms with Crippen LogP contribution in [0.4, 0.5) is 0 Å². The van der Waals surface area contributed by atoms with E-state index in [-0.39, 0.29) is 11.2 Å². The van der Waals surface area contributed by atoms with Crippen molar-refractivity contribution in [1.82, 2.24) is 0 Å². The number of ketones is 1. The molecule has 0 radical (unpaired) electrons. The molecule has 96 valence electrons. The highest BCUT2D eigenvalue weighted by molar-refractivity contribution is 6.11. The van der Waals surface area contributed by atoms with Gasteiger partial charge in [-0.25, -0.2) is 0 Å². The van der Waals surface area contributed by atoms with E-state index in [0.717, 1.165) is 30.4 Å². The van der Waals surface area contributed by atoms with Gasteiger partial charge in [0, 0.05) is 11.1 Å². The summed E-state index contributed by atoms with van der Waals surface area (Å²) >= 11 is 0. The van der Waals surface area contributed by atoms with Gasteiger partial charge >= 0.3 is 0 Å². The third-order valence-corrected chi connectivity index (χ3v) is 3.43. The van der Waals surface area contributed by atoms with Crippen LogP contribution in [-0.4, -0.2) is 24.8 Å². The molecule has 3 heteroatoms. The molecule has 2 rings (SSSR count). The first-order valence-electron chi connectivity index (χ1n) is 6.50. The van der Waals surface area contributed by atoms with E-state index in [9.17, 15) is 4.79 Å². The molecule has 1 aliphatic heterocycles. The number of Topliss-reactive ketones (excluding diaryl/α,β-unsaturated/α-hetero) is 1. The molecule has 0 N–H and O–H groups in total. The molecule has 0 aromatic carbocycles. The van der Waals surface area contributed by atoms with Crippen LogP contribution in [0.1, 0.15) is 47.0 Å². The number of carbonyl (C=O) groups excluding carboxylic acids is 1. The standard InChI is InChI=1S/C14H22O3/c1-5-6-7-10-11(13(2,3)4)14(12(10)15)16-8-9-17-14/h5-9H2,1-4H3. The molecule has 0 bridgehead atoms. The van der Waals surface area contributed by atoms with E-state index in [4.69, 9.17) is 9.47 Å². The first-order chi connectivity index (χ1) is 7.93. The molecule has 0 atom stereocenters. The van der Waals surface area contributed by atoms with Gasteiger partial charge in [-0.3, -0.25) is 4.79 Å². The molecule has 0 amide bonds. The fourth-order valence-corrected chi connectivity index (χ4v) is 2.79. The molecule has 1 heterocycles. The predicted octanol–water partition coefficient (Wildman–Crippen LogP) is 2.85. The number of hydrogen-bond donors (Lipinski definition) is 0. The summed E-state index contributed by atoms with van der Waals surface area (Å²) < 4.78 is 11.2. The zero-order valence-corrected chi connectivity index (χ0v) is 11.3. The molecule has 1 aliphatic carbocycles. The van der Waals surface area contributed by atoms with Crippen LogP contribution in [0.2, 0.25) is 0 Å². The Kier molecular flexibility index (Phi) is 3.17.